The van der Waals surface area contributed by atoms with Gasteiger partial charge in [-0.3, -0.25) is 0 Å². The van der Waals surface area contributed by atoms with E-state index in [0.717, 1.165) is 22.5 Å². The molecule has 0 saturated heterocycles. The first-order chi connectivity index (χ1) is 11.2. The van der Waals surface area contributed by atoms with Crippen molar-refractivity contribution in [2.45, 2.75) is 23.9 Å². The summed E-state index contributed by atoms with van der Waals surface area (Å²) in [4.78, 5) is 0. The third-order valence-corrected chi connectivity index (χ3v) is 4.59. The maximum absolute atomic E-state index is 5.92. The number of nitrogens with zero attached hydrogens (tertiary/aromatic N) is 3. The Morgan fingerprint density at radius 1 is 1.00 bits per heavy atom. The summed E-state index contributed by atoms with van der Waals surface area (Å²) in [6.45, 7) is 1.99. The van der Waals surface area contributed by atoms with Crippen molar-refractivity contribution in [3.8, 4) is 5.75 Å². The molecule has 0 N–H and O–H groups in total. The lowest BCUT2D eigenvalue weighted by Crippen LogP contribution is -2.10. The molecule has 0 radical (unpaired) electrons. The molecule has 118 valence electrons. The molecule has 1 heterocycles. The first-order valence-electron chi connectivity index (χ1n) is 7.52. The van der Waals surface area contributed by atoms with E-state index in [2.05, 4.69) is 22.3 Å². The molecule has 5 heteroatoms. The average molecular weight is 325 g/mol. The summed E-state index contributed by atoms with van der Waals surface area (Å²) in [7, 11) is 1.98. The lowest BCUT2D eigenvalue weighted by atomic mass is 10.2. The van der Waals surface area contributed by atoms with Gasteiger partial charge < -0.3 is 9.30 Å². The standard InChI is InChI=1S/C18H19N3OS/c1-14(22-16-11-7-4-8-12-16)17-19-20-18(21(17)2)23-13-15-9-5-3-6-10-15/h3-12,14H,13H2,1-2H3/t14-/m1/s1. The minimum Gasteiger partial charge on any atom is -0.483 e. The Bertz CT molecular complexity index is 743. The van der Waals surface area contributed by atoms with Crippen molar-refractivity contribution >= 4 is 11.8 Å². The van der Waals surface area contributed by atoms with Crippen LogP contribution in [0.3, 0.4) is 0 Å². The Balaban J connectivity index is 1.66. The number of ether oxygens (including phenoxy) is 1. The van der Waals surface area contributed by atoms with Gasteiger partial charge in [-0.2, -0.15) is 0 Å². The molecule has 0 saturated carbocycles. The Labute approximate surface area is 140 Å². The van der Waals surface area contributed by atoms with Crippen molar-refractivity contribution in [1.82, 2.24) is 14.8 Å². The van der Waals surface area contributed by atoms with Crippen LogP contribution in [-0.4, -0.2) is 14.8 Å². The lowest BCUT2D eigenvalue weighted by Gasteiger charge is -2.14. The summed E-state index contributed by atoms with van der Waals surface area (Å²) in [5.74, 6) is 2.53. The highest BCUT2D eigenvalue weighted by molar-refractivity contribution is 7.98. The molecule has 2 aromatic carbocycles. The van der Waals surface area contributed by atoms with Crippen LogP contribution in [0, 0.1) is 0 Å². The van der Waals surface area contributed by atoms with E-state index < -0.39 is 0 Å². The van der Waals surface area contributed by atoms with Gasteiger partial charge in [-0.25, -0.2) is 0 Å². The predicted octanol–water partition coefficient (Wildman–Crippen LogP) is 4.25. The summed E-state index contributed by atoms with van der Waals surface area (Å²) >= 11 is 1.68. The maximum atomic E-state index is 5.92. The first-order valence-corrected chi connectivity index (χ1v) is 8.50. The summed E-state index contributed by atoms with van der Waals surface area (Å²) < 4.78 is 7.93. The molecule has 4 nitrogen and oxygen atoms in total. The molecule has 23 heavy (non-hydrogen) atoms. The van der Waals surface area contributed by atoms with Crippen molar-refractivity contribution in [2.75, 3.05) is 0 Å². The van der Waals surface area contributed by atoms with E-state index in [4.69, 9.17) is 4.74 Å². The van der Waals surface area contributed by atoms with Gasteiger partial charge in [-0.05, 0) is 24.6 Å². The molecule has 0 amide bonds. The number of hydrogen-bond acceptors (Lipinski definition) is 4. The topological polar surface area (TPSA) is 39.9 Å². The van der Waals surface area contributed by atoms with Crippen LogP contribution in [0.15, 0.2) is 65.8 Å². The molecule has 3 aromatic rings. The molecular weight excluding hydrogens is 306 g/mol. The number of aromatic nitrogens is 3. The number of benzene rings is 2. The first kappa shape index (κ1) is 15.6. The zero-order valence-electron chi connectivity index (χ0n) is 13.2. The molecule has 0 bridgehead atoms. The zero-order chi connectivity index (χ0) is 16.1. The summed E-state index contributed by atoms with van der Waals surface area (Å²) in [6.07, 6.45) is -0.152. The second-order valence-electron chi connectivity index (χ2n) is 5.25. The van der Waals surface area contributed by atoms with Crippen molar-refractivity contribution in [3.63, 3.8) is 0 Å². The van der Waals surface area contributed by atoms with Crippen molar-refractivity contribution < 1.29 is 4.74 Å². The Morgan fingerprint density at radius 2 is 1.65 bits per heavy atom. The Morgan fingerprint density at radius 3 is 2.35 bits per heavy atom. The minimum absolute atomic E-state index is 0.152. The Hall–Kier alpha value is -2.27. The van der Waals surface area contributed by atoms with E-state index in [1.807, 2.05) is 67.1 Å². The van der Waals surface area contributed by atoms with Gasteiger partial charge in [-0.15, -0.1) is 10.2 Å². The van der Waals surface area contributed by atoms with Crippen molar-refractivity contribution in [1.29, 1.82) is 0 Å². The zero-order valence-corrected chi connectivity index (χ0v) is 14.0. The fourth-order valence-corrected chi connectivity index (χ4v) is 3.16. The van der Waals surface area contributed by atoms with Gasteiger partial charge in [0.1, 0.15) is 5.75 Å². The maximum Gasteiger partial charge on any atom is 0.191 e. The Kier molecular flexibility index (Phi) is 4.98. The largest absolute Gasteiger partial charge is 0.483 e. The van der Waals surface area contributed by atoms with Crippen molar-refractivity contribution in [3.05, 3.63) is 72.1 Å². The summed E-state index contributed by atoms with van der Waals surface area (Å²) in [5, 5.41) is 9.48. The van der Waals surface area contributed by atoms with E-state index in [0.29, 0.717) is 0 Å². The molecule has 0 aliphatic carbocycles. The normalized spacial score (nSPS) is 12.1. The molecule has 0 spiro atoms. The molecule has 3 rings (SSSR count). The van der Waals surface area contributed by atoms with Gasteiger partial charge >= 0.3 is 0 Å². The van der Waals surface area contributed by atoms with Gasteiger partial charge in [0.05, 0.1) is 0 Å². The van der Waals surface area contributed by atoms with E-state index in [9.17, 15) is 0 Å². The second kappa shape index (κ2) is 7.33. The van der Waals surface area contributed by atoms with Crippen LogP contribution in [-0.2, 0) is 12.8 Å². The van der Waals surface area contributed by atoms with E-state index in [-0.39, 0.29) is 6.10 Å². The molecule has 0 aliphatic heterocycles. The van der Waals surface area contributed by atoms with Crippen LogP contribution in [0.2, 0.25) is 0 Å². The quantitative estimate of drug-likeness (QED) is 0.635. The van der Waals surface area contributed by atoms with Crippen LogP contribution < -0.4 is 4.74 Å². The van der Waals surface area contributed by atoms with E-state index in [1.165, 1.54) is 5.56 Å². The van der Waals surface area contributed by atoms with Gasteiger partial charge in [0.2, 0.25) is 0 Å². The van der Waals surface area contributed by atoms with Gasteiger partial charge in [0.25, 0.3) is 0 Å². The van der Waals surface area contributed by atoms with Crippen molar-refractivity contribution in [2.24, 2.45) is 7.05 Å². The number of thioether (sulfide) groups is 1. The van der Waals surface area contributed by atoms with Crippen LogP contribution >= 0.6 is 11.8 Å². The summed E-state index contributed by atoms with van der Waals surface area (Å²) in [6, 6.07) is 20.1. The van der Waals surface area contributed by atoms with E-state index in [1.54, 1.807) is 11.8 Å². The van der Waals surface area contributed by atoms with Gasteiger partial charge in [-0.1, -0.05) is 60.3 Å². The monoisotopic (exact) mass is 325 g/mol. The van der Waals surface area contributed by atoms with Crippen LogP contribution in [0.25, 0.3) is 0 Å². The number of rotatable bonds is 6. The predicted molar refractivity (Wildman–Crippen MR) is 92.5 cm³/mol. The fourth-order valence-electron chi connectivity index (χ4n) is 2.28. The highest BCUT2D eigenvalue weighted by Gasteiger charge is 2.17. The van der Waals surface area contributed by atoms with Crippen LogP contribution in [0.1, 0.15) is 24.4 Å². The SMILES string of the molecule is C[C@@H](Oc1ccccc1)c1nnc(SCc2ccccc2)n1C. The average Bonchev–Trinajstić information content (AvgIpc) is 2.96. The third-order valence-electron chi connectivity index (χ3n) is 3.50. The highest BCUT2D eigenvalue weighted by atomic mass is 32.2. The molecule has 1 aromatic heterocycles. The smallest absolute Gasteiger partial charge is 0.191 e. The molecule has 0 aliphatic rings. The summed E-state index contributed by atoms with van der Waals surface area (Å²) in [5.41, 5.74) is 1.27. The van der Waals surface area contributed by atoms with Gasteiger partial charge in [0.15, 0.2) is 17.1 Å². The number of hydrogen-bond donors (Lipinski definition) is 0. The lowest BCUT2D eigenvalue weighted by molar-refractivity contribution is 0.211. The molecular formula is C18H19N3OS. The second-order valence-corrected chi connectivity index (χ2v) is 6.19. The van der Waals surface area contributed by atoms with E-state index >= 15 is 0 Å². The minimum atomic E-state index is -0.152. The molecule has 0 fully saturated rings. The van der Waals surface area contributed by atoms with Crippen LogP contribution in [0.5, 0.6) is 5.75 Å². The number of para-hydroxylation sites is 1. The fraction of sp³-hybridized carbons (Fsp3) is 0.222. The molecule has 1 atom stereocenters. The van der Waals surface area contributed by atoms with Crippen LogP contribution in [0.4, 0.5) is 0 Å². The third kappa shape index (κ3) is 3.93. The highest BCUT2D eigenvalue weighted by Crippen LogP contribution is 2.25. The van der Waals surface area contributed by atoms with Gasteiger partial charge in [0, 0.05) is 12.8 Å². The molecule has 0 unspecified atom stereocenters.